The average molecular weight is 405 g/mol. The number of nitrogens with one attached hydrogen (secondary N) is 2. The Kier molecular flexibility index (Phi) is 5.35. The van der Waals surface area contributed by atoms with Crippen molar-refractivity contribution < 1.29 is 32.3 Å². The van der Waals surface area contributed by atoms with E-state index in [0.717, 1.165) is 4.90 Å². The number of hydrogen-bond acceptors (Lipinski definition) is 4. The minimum atomic E-state index is -5.02. The molecule has 1 aliphatic heterocycles. The number of anilines is 1. The lowest BCUT2D eigenvalue weighted by atomic mass is 10.1. The largest absolute Gasteiger partial charge is 0.471 e. The lowest BCUT2D eigenvalue weighted by Gasteiger charge is -2.16. The molecule has 0 radical (unpaired) electrons. The van der Waals surface area contributed by atoms with Gasteiger partial charge in [0, 0.05) is 12.2 Å². The number of para-hydroxylation sites is 1. The molecule has 150 valence electrons. The van der Waals surface area contributed by atoms with Crippen LogP contribution in [0, 0.1) is 0 Å². The van der Waals surface area contributed by atoms with Crippen molar-refractivity contribution in [3.63, 3.8) is 0 Å². The molecule has 0 saturated carbocycles. The number of alkyl halides is 3. The first-order chi connectivity index (χ1) is 13.7. The summed E-state index contributed by atoms with van der Waals surface area (Å²) in [5, 5.41) is 4.17. The zero-order chi connectivity index (χ0) is 21.2. The number of imide groups is 1. The van der Waals surface area contributed by atoms with Gasteiger partial charge in [0.25, 0.3) is 11.8 Å². The van der Waals surface area contributed by atoms with Crippen LogP contribution in [-0.4, -0.2) is 41.2 Å². The Morgan fingerprint density at radius 2 is 1.45 bits per heavy atom. The molecule has 1 heterocycles. The molecule has 1 aliphatic rings. The van der Waals surface area contributed by atoms with E-state index in [1.165, 1.54) is 36.4 Å². The molecule has 0 atom stereocenters. The molecule has 3 rings (SSSR count). The molecule has 2 aromatic carbocycles. The van der Waals surface area contributed by atoms with Gasteiger partial charge in [-0.05, 0) is 23.8 Å². The van der Waals surface area contributed by atoms with Crippen molar-refractivity contribution >= 4 is 29.3 Å². The van der Waals surface area contributed by atoms with E-state index in [4.69, 9.17) is 0 Å². The van der Waals surface area contributed by atoms with Crippen LogP contribution in [0.2, 0.25) is 0 Å². The first-order valence-corrected chi connectivity index (χ1v) is 8.36. The van der Waals surface area contributed by atoms with Crippen LogP contribution in [0.1, 0.15) is 26.3 Å². The molecule has 2 N–H and O–H groups in total. The van der Waals surface area contributed by atoms with Gasteiger partial charge < -0.3 is 10.6 Å². The monoisotopic (exact) mass is 405 g/mol. The zero-order valence-electron chi connectivity index (χ0n) is 14.7. The SMILES string of the molecule is O=C(CN1C(=O)c2ccccc2C1=O)Nc1ccccc1CNC(=O)C(F)(F)F. The molecule has 0 aromatic heterocycles. The van der Waals surface area contributed by atoms with Crippen LogP contribution in [0.5, 0.6) is 0 Å². The summed E-state index contributed by atoms with van der Waals surface area (Å²) < 4.78 is 37.0. The van der Waals surface area contributed by atoms with Crippen LogP contribution in [-0.2, 0) is 16.1 Å². The molecule has 10 heteroatoms. The number of nitrogens with zero attached hydrogens (tertiary/aromatic N) is 1. The van der Waals surface area contributed by atoms with E-state index in [-0.39, 0.29) is 22.4 Å². The van der Waals surface area contributed by atoms with Gasteiger partial charge >= 0.3 is 12.1 Å². The molecule has 0 bridgehead atoms. The summed E-state index contributed by atoms with van der Waals surface area (Å²) in [4.78, 5) is 48.7. The van der Waals surface area contributed by atoms with Gasteiger partial charge in [0.05, 0.1) is 11.1 Å². The minimum Gasteiger partial charge on any atom is -0.344 e. The Morgan fingerprint density at radius 1 is 0.897 bits per heavy atom. The zero-order valence-corrected chi connectivity index (χ0v) is 14.7. The van der Waals surface area contributed by atoms with Gasteiger partial charge in [0.15, 0.2) is 0 Å². The van der Waals surface area contributed by atoms with Crippen LogP contribution in [0.15, 0.2) is 48.5 Å². The summed E-state index contributed by atoms with van der Waals surface area (Å²) in [6.45, 7) is -1.03. The lowest BCUT2D eigenvalue weighted by molar-refractivity contribution is -0.173. The molecular formula is C19H14F3N3O4. The quantitative estimate of drug-likeness (QED) is 0.745. The third-order valence-electron chi connectivity index (χ3n) is 4.17. The normalized spacial score (nSPS) is 13.3. The number of benzene rings is 2. The molecule has 0 fully saturated rings. The summed E-state index contributed by atoms with van der Waals surface area (Å²) in [5.74, 6) is -4.03. The number of amides is 4. The number of carbonyl (C=O) groups is 4. The maximum atomic E-state index is 12.3. The van der Waals surface area contributed by atoms with Crippen LogP contribution in [0.4, 0.5) is 18.9 Å². The summed E-state index contributed by atoms with van der Waals surface area (Å²) in [5.41, 5.74) is 0.763. The van der Waals surface area contributed by atoms with Crippen molar-refractivity contribution in [2.45, 2.75) is 12.7 Å². The Labute approximate surface area is 162 Å². The van der Waals surface area contributed by atoms with Crippen LogP contribution < -0.4 is 10.6 Å². The molecule has 0 aliphatic carbocycles. The number of rotatable bonds is 5. The first-order valence-electron chi connectivity index (χ1n) is 8.36. The molecule has 0 spiro atoms. The van der Waals surface area contributed by atoms with Crippen LogP contribution in [0.3, 0.4) is 0 Å². The maximum Gasteiger partial charge on any atom is 0.471 e. The highest BCUT2D eigenvalue weighted by molar-refractivity contribution is 6.22. The standard InChI is InChI=1S/C19H14F3N3O4/c20-19(21,22)18(29)23-9-11-5-1-4-8-14(11)24-15(26)10-25-16(27)12-6-2-3-7-13(12)17(25)28/h1-8H,9-10H2,(H,23,29)(H,24,26). The molecule has 0 saturated heterocycles. The molecule has 29 heavy (non-hydrogen) atoms. The Hall–Kier alpha value is -3.69. The van der Waals surface area contributed by atoms with Gasteiger partial charge in [-0.15, -0.1) is 0 Å². The smallest absolute Gasteiger partial charge is 0.344 e. The number of fused-ring (bicyclic) bond motifs is 1. The van der Waals surface area contributed by atoms with Crippen molar-refractivity contribution in [2.24, 2.45) is 0 Å². The van der Waals surface area contributed by atoms with Gasteiger partial charge in [0.1, 0.15) is 6.54 Å². The predicted molar refractivity (Wildman–Crippen MR) is 94.8 cm³/mol. The number of hydrogen-bond donors (Lipinski definition) is 2. The van der Waals surface area contributed by atoms with E-state index in [1.807, 2.05) is 0 Å². The fraction of sp³-hybridized carbons (Fsp3) is 0.158. The molecule has 0 unspecified atom stereocenters. The van der Waals surface area contributed by atoms with E-state index >= 15 is 0 Å². The third kappa shape index (κ3) is 4.26. The predicted octanol–water partition coefficient (Wildman–Crippen LogP) is 2.10. The summed E-state index contributed by atoms with van der Waals surface area (Å²) >= 11 is 0. The Balaban J connectivity index is 1.67. The van der Waals surface area contributed by atoms with Crippen molar-refractivity contribution in [1.82, 2.24) is 10.2 Å². The lowest BCUT2D eigenvalue weighted by Crippen LogP contribution is -2.38. The topological polar surface area (TPSA) is 95.6 Å². The second-order valence-electron chi connectivity index (χ2n) is 6.13. The number of halogens is 3. The maximum absolute atomic E-state index is 12.3. The van der Waals surface area contributed by atoms with E-state index in [9.17, 15) is 32.3 Å². The van der Waals surface area contributed by atoms with E-state index < -0.39 is 42.9 Å². The Bertz CT molecular complexity index is 969. The first kappa shape index (κ1) is 20.1. The average Bonchev–Trinajstić information content (AvgIpc) is 2.91. The van der Waals surface area contributed by atoms with E-state index in [1.54, 1.807) is 17.4 Å². The summed E-state index contributed by atoms with van der Waals surface area (Å²) in [6.07, 6.45) is -5.02. The third-order valence-corrected chi connectivity index (χ3v) is 4.17. The Morgan fingerprint density at radius 3 is 2.03 bits per heavy atom. The molecule has 7 nitrogen and oxygen atoms in total. The highest BCUT2D eigenvalue weighted by Gasteiger charge is 2.38. The van der Waals surface area contributed by atoms with Crippen molar-refractivity contribution in [1.29, 1.82) is 0 Å². The summed E-state index contributed by atoms with van der Waals surface area (Å²) in [6, 6.07) is 12.1. The van der Waals surface area contributed by atoms with Gasteiger partial charge in [-0.1, -0.05) is 30.3 Å². The van der Waals surface area contributed by atoms with E-state index in [2.05, 4.69) is 5.32 Å². The van der Waals surface area contributed by atoms with Crippen LogP contribution >= 0.6 is 0 Å². The fourth-order valence-corrected chi connectivity index (χ4v) is 2.79. The second kappa shape index (κ2) is 7.74. The van der Waals surface area contributed by atoms with Gasteiger partial charge in [0.2, 0.25) is 5.91 Å². The molecule has 2 aromatic rings. The van der Waals surface area contributed by atoms with Crippen molar-refractivity contribution in [3.05, 3.63) is 65.2 Å². The van der Waals surface area contributed by atoms with Crippen molar-refractivity contribution in [3.8, 4) is 0 Å². The van der Waals surface area contributed by atoms with Crippen molar-refractivity contribution in [2.75, 3.05) is 11.9 Å². The van der Waals surface area contributed by atoms with Gasteiger partial charge in [-0.25, -0.2) is 0 Å². The fourth-order valence-electron chi connectivity index (χ4n) is 2.79. The number of carbonyl (C=O) groups excluding carboxylic acids is 4. The van der Waals surface area contributed by atoms with Crippen LogP contribution in [0.25, 0.3) is 0 Å². The summed E-state index contributed by atoms with van der Waals surface area (Å²) in [7, 11) is 0. The highest BCUT2D eigenvalue weighted by Crippen LogP contribution is 2.23. The molecule has 4 amide bonds. The minimum absolute atomic E-state index is 0.150. The van der Waals surface area contributed by atoms with E-state index in [0.29, 0.717) is 0 Å². The van der Waals surface area contributed by atoms with Gasteiger partial charge in [-0.2, -0.15) is 13.2 Å². The second-order valence-corrected chi connectivity index (χ2v) is 6.13. The highest BCUT2D eigenvalue weighted by atomic mass is 19.4. The van der Waals surface area contributed by atoms with Gasteiger partial charge in [-0.3, -0.25) is 24.1 Å². The molecular weight excluding hydrogens is 391 g/mol.